The van der Waals surface area contributed by atoms with Gasteiger partial charge in [-0.15, -0.1) is 0 Å². The normalized spacial score (nSPS) is 15.7. The first-order chi connectivity index (χ1) is 25.5. The zero-order chi connectivity index (χ0) is 35.9. The minimum absolute atomic E-state index is 0.168. The first-order valence-electron chi connectivity index (χ1n) is 17.1. The Morgan fingerprint density at radius 3 is 1.88 bits per heavy atom. The molecule has 0 bridgehead atoms. The summed E-state index contributed by atoms with van der Waals surface area (Å²) in [5.74, 6) is 1.39. The number of fused-ring (bicyclic) bond motifs is 3. The van der Waals surface area contributed by atoms with Crippen LogP contribution in [0.4, 0.5) is 0 Å². The van der Waals surface area contributed by atoms with Gasteiger partial charge in [0.2, 0.25) is 0 Å². The van der Waals surface area contributed by atoms with Crippen LogP contribution in [0, 0.1) is 29.6 Å². The van der Waals surface area contributed by atoms with Crippen LogP contribution < -0.4 is 4.74 Å². The highest BCUT2D eigenvalue weighted by atomic mass is 16.5. The maximum absolute atomic E-state index is 9.39. The molecule has 6 aromatic rings. The molecule has 5 heteroatoms. The lowest BCUT2D eigenvalue weighted by atomic mass is 9.77. The fraction of sp³-hybridized carbons (Fsp3) is 0.0638. The topological polar surface area (TPSA) is 81.6 Å². The number of nitriles is 1. The number of hydrogen-bond acceptors (Lipinski definition) is 3. The van der Waals surface area contributed by atoms with Gasteiger partial charge in [-0.1, -0.05) is 151 Å². The van der Waals surface area contributed by atoms with Crippen LogP contribution in [0.5, 0.6) is 5.75 Å². The second-order valence-corrected chi connectivity index (χ2v) is 12.6. The minimum Gasteiger partial charge on any atom is -0.459 e. The molecule has 0 aromatic heterocycles. The summed E-state index contributed by atoms with van der Waals surface area (Å²) in [6.07, 6.45) is 4.05. The van der Waals surface area contributed by atoms with Crippen molar-refractivity contribution < 1.29 is 4.74 Å². The lowest BCUT2D eigenvalue weighted by molar-refractivity contribution is 0.420. The van der Waals surface area contributed by atoms with Gasteiger partial charge in [0.25, 0.3) is 0 Å². The molecule has 2 aliphatic rings. The molecule has 0 spiro atoms. The minimum atomic E-state index is -0.418. The summed E-state index contributed by atoms with van der Waals surface area (Å²) in [6, 6.07) is 54.5. The largest absolute Gasteiger partial charge is 0.459 e. The number of nitrogens with one attached hydrogen (secondary N) is 1. The van der Waals surface area contributed by atoms with Gasteiger partial charge in [0.1, 0.15) is 17.3 Å². The molecular weight excluding hydrogens is 637 g/mol. The zero-order valence-electron chi connectivity index (χ0n) is 28.8. The van der Waals surface area contributed by atoms with Gasteiger partial charge in [0.15, 0.2) is 5.84 Å². The molecule has 0 saturated carbocycles. The third kappa shape index (κ3) is 7.05. The van der Waals surface area contributed by atoms with Crippen molar-refractivity contribution >= 4 is 24.0 Å². The van der Waals surface area contributed by atoms with Gasteiger partial charge < -0.3 is 4.74 Å². The number of rotatable bonds is 5. The Balaban J connectivity index is 0.000000539. The monoisotopic (exact) mass is 672 g/mol. The predicted octanol–water partition coefficient (Wildman–Crippen LogP) is 11.1. The van der Waals surface area contributed by atoms with Gasteiger partial charge in [-0.2, -0.15) is 5.26 Å². The van der Waals surface area contributed by atoms with E-state index in [0.29, 0.717) is 11.4 Å². The fourth-order valence-electron chi connectivity index (χ4n) is 6.63. The van der Waals surface area contributed by atoms with E-state index in [9.17, 15) is 10.7 Å². The summed E-state index contributed by atoms with van der Waals surface area (Å²) in [7, 11) is 0. The summed E-state index contributed by atoms with van der Waals surface area (Å²) < 4.78 is 6.89. The van der Waals surface area contributed by atoms with E-state index < -0.39 is 5.92 Å². The second-order valence-electron chi connectivity index (χ2n) is 12.6. The van der Waals surface area contributed by atoms with Crippen molar-refractivity contribution in [3.8, 4) is 34.1 Å². The molecule has 2 unspecified atom stereocenters. The molecular formula is C47H36N4O. The smallest absolute Gasteiger partial charge is 0.160 e. The standard InChI is InChI=1S/C40H28N4O.C7H8/c1-43-40(30-15-9-4-10-16-30)44-39(42)33-22-21-32(29-19-17-26(25-41)18-20-29)38-36(33)35-24-31(27-11-5-2-6-12-27)23-34(37(35)45-38)28-13-7-3-8-14-28;1-7-5-3-2-4-6-7/h2-24,33,36,42H,1H2;2-6H,1H3. The Kier molecular flexibility index (Phi) is 9.90. The van der Waals surface area contributed by atoms with E-state index in [0.717, 1.165) is 56.0 Å². The number of amidine groups is 2. The van der Waals surface area contributed by atoms with Gasteiger partial charge in [0, 0.05) is 22.3 Å². The fourth-order valence-corrected chi connectivity index (χ4v) is 6.63. The van der Waals surface area contributed by atoms with Gasteiger partial charge >= 0.3 is 0 Å². The third-order valence-corrected chi connectivity index (χ3v) is 9.22. The molecule has 0 fully saturated rings. The maximum atomic E-state index is 9.39. The number of benzene rings is 6. The zero-order valence-corrected chi connectivity index (χ0v) is 28.8. The van der Waals surface area contributed by atoms with Crippen molar-refractivity contribution in [2.75, 3.05) is 0 Å². The highest BCUT2D eigenvalue weighted by molar-refractivity contribution is 6.08. The number of nitrogens with zero attached hydrogens (tertiary/aromatic N) is 3. The van der Waals surface area contributed by atoms with E-state index in [-0.39, 0.29) is 11.8 Å². The average Bonchev–Trinajstić information content (AvgIpc) is 3.60. The summed E-state index contributed by atoms with van der Waals surface area (Å²) in [5.41, 5.74) is 9.76. The van der Waals surface area contributed by atoms with Crippen LogP contribution in [0.2, 0.25) is 0 Å². The number of ether oxygens (including phenoxy) is 1. The van der Waals surface area contributed by atoms with Gasteiger partial charge in [-0.25, -0.2) is 9.98 Å². The first kappa shape index (κ1) is 33.6. The van der Waals surface area contributed by atoms with Crippen LogP contribution in [-0.4, -0.2) is 18.4 Å². The van der Waals surface area contributed by atoms with Crippen LogP contribution in [0.25, 0.3) is 27.8 Å². The highest BCUT2D eigenvalue weighted by Crippen LogP contribution is 2.55. The van der Waals surface area contributed by atoms with E-state index in [1.165, 1.54) is 5.56 Å². The van der Waals surface area contributed by atoms with Crippen molar-refractivity contribution in [2.45, 2.75) is 12.8 Å². The van der Waals surface area contributed by atoms with Crippen LogP contribution in [-0.2, 0) is 0 Å². The lowest BCUT2D eigenvalue weighted by Gasteiger charge is -2.26. The molecule has 52 heavy (non-hydrogen) atoms. The lowest BCUT2D eigenvalue weighted by Crippen LogP contribution is -2.23. The first-order valence-corrected chi connectivity index (χ1v) is 17.1. The van der Waals surface area contributed by atoms with E-state index in [2.05, 4.69) is 73.2 Å². The van der Waals surface area contributed by atoms with E-state index in [4.69, 9.17) is 9.73 Å². The van der Waals surface area contributed by atoms with Crippen molar-refractivity contribution in [1.82, 2.24) is 0 Å². The Morgan fingerprint density at radius 1 is 0.712 bits per heavy atom. The summed E-state index contributed by atoms with van der Waals surface area (Å²) in [6.45, 7) is 5.83. The number of hydrogen-bond donors (Lipinski definition) is 1. The third-order valence-electron chi connectivity index (χ3n) is 9.22. The van der Waals surface area contributed by atoms with Crippen LogP contribution >= 0.6 is 0 Å². The van der Waals surface area contributed by atoms with E-state index >= 15 is 0 Å². The molecule has 1 N–H and O–H groups in total. The molecule has 2 atom stereocenters. The predicted molar refractivity (Wildman–Crippen MR) is 213 cm³/mol. The van der Waals surface area contributed by atoms with Gasteiger partial charge in [0.05, 0.1) is 23.5 Å². The molecule has 0 radical (unpaired) electrons. The molecule has 6 aromatic carbocycles. The molecule has 1 heterocycles. The molecule has 250 valence electrons. The Morgan fingerprint density at radius 2 is 1.31 bits per heavy atom. The SMILES string of the molecule is C=NC(=NC(=N)C1C=CC(c2ccc(C#N)cc2)=C2Oc3c(-c4ccccc4)cc(-c4ccccc4)cc3C21)c1ccccc1.Cc1ccccc1. The quantitative estimate of drug-likeness (QED) is 0.146. The summed E-state index contributed by atoms with van der Waals surface area (Å²) in [4.78, 5) is 8.88. The molecule has 0 saturated heterocycles. The van der Waals surface area contributed by atoms with Gasteiger partial charge in [-0.3, -0.25) is 5.41 Å². The Bertz CT molecular complexity index is 2350. The van der Waals surface area contributed by atoms with Crippen LogP contribution in [0.1, 0.15) is 33.7 Å². The molecule has 0 amide bonds. The molecule has 1 aliphatic heterocycles. The van der Waals surface area contributed by atoms with E-state index in [1.807, 2.05) is 121 Å². The summed E-state index contributed by atoms with van der Waals surface area (Å²) in [5, 5.41) is 18.7. The maximum Gasteiger partial charge on any atom is 0.160 e. The number of allylic oxidation sites excluding steroid dienone is 3. The van der Waals surface area contributed by atoms with Crippen molar-refractivity contribution in [3.05, 3.63) is 203 Å². The Hall–Kier alpha value is -6.90. The van der Waals surface area contributed by atoms with Crippen LogP contribution in [0.15, 0.2) is 186 Å². The number of aliphatic imine (C=N–C) groups is 2. The van der Waals surface area contributed by atoms with Crippen molar-refractivity contribution in [3.63, 3.8) is 0 Å². The number of aryl methyl sites for hydroxylation is 1. The average molecular weight is 673 g/mol. The molecule has 1 aliphatic carbocycles. The van der Waals surface area contributed by atoms with Crippen molar-refractivity contribution in [1.29, 1.82) is 10.7 Å². The van der Waals surface area contributed by atoms with Gasteiger partial charge in [-0.05, 0) is 60.2 Å². The molecule has 8 rings (SSSR count). The Labute approximate surface area is 304 Å². The second kappa shape index (κ2) is 15.3. The summed E-state index contributed by atoms with van der Waals surface area (Å²) >= 11 is 0. The molecule has 5 nitrogen and oxygen atoms in total. The van der Waals surface area contributed by atoms with E-state index in [1.54, 1.807) is 0 Å². The highest BCUT2D eigenvalue weighted by Gasteiger charge is 2.42. The van der Waals surface area contributed by atoms with Crippen LogP contribution in [0.3, 0.4) is 0 Å². The van der Waals surface area contributed by atoms with Crippen molar-refractivity contribution in [2.24, 2.45) is 15.9 Å².